The van der Waals surface area contributed by atoms with Gasteiger partial charge in [-0.3, -0.25) is 19.2 Å². The van der Waals surface area contributed by atoms with Gasteiger partial charge in [0.25, 0.3) is 0 Å². The maximum absolute atomic E-state index is 14.1. The third kappa shape index (κ3) is 7.04. The van der Waals surface area contributed by atoms with Gasteiger partial charge in [-0.25, -0.2) is 4.79 Å². The van der Waals surface area contributed by atoms with Gasteiger partial charge in [0.2, 0.25) is 11.8 Å². The van der Waals surface area contributed by atoms with Crippen molar-refractivity contribution in [3.8, 4) is 11.5 Å². The second kappa shape index (κ2) is 15.2. The maximum atomic E-state index is 14.1. The molecule has 1 aromatic carbocycles. The molecule has 14 heteroatoms. The highest BCUT2D eigenvalue weighted by Crippen LogP contribution is 2.63. The van der Waals surface area contributed by atoms with E-state index in [1.54, 1.807) is 7.11 Å². The lowest BCUT2D eigenvalue weighted by atomic mass is 9.53. The zero-order valence-electron chi connectivity index (χ0n) is 29.8. The van der Waals surface area contributed by atoms with Crippen molar-refractivity contribution in [1.29, 1.82) is 0 Å². The fraction of sp³-hybridized carbons (Fsp3) is 0.649. The Balaban J connectivity index is 1.19. The average Bonchev–Trinajstić information content (AvgIpc) is 3.47. The zero-order chi connectivity index (χ0) is 36.4. The van der Waals surface area contributed by atoms with Crippen molar-refractivity contribution in [2.75, 3.05) is 46.9 Å². The maximum Gasteiger partial charge on any atom is 0.415 e. The normalized spacial score (nSPS) is 28.0. The molecule has 2 fully saturated rings. The minimum atomic E-state index is -0.960. The fourth-order valence-corrected chi connectivity index (χ4v) is 9.23. The van der Waals surface area contributed by atoms with Gasteiger partial charge in [0.1, 0.15) is 5.76 Å². The minimum absolute atomic E-state index is 0.00398. The third-order valence-electron chi connectivity index (χ3n) is 11.8. The van der Waals surface area contributed by atoms with E-state index in [2.05, 4.69) is 28.6 Å². The van der Waals surface area contributed by atoms with Crippen LogP contribution in [0.5, 0.6) is 11.5 Å². The number of benzene rings is 1. The summed E-state index contributed by atoms with van der Waals surface area (Å²) in [6.45, 7) is 2.62. The summed E-state index contributed by atoms with van der Waals surface area (Å²) in [4.78, 5) is 67.4. The summed E-state index contributed by atoms with van der Waals surface area (Å²) in [7, 11) is 3.80. The molecule has 2 aliphatic carbocycles. The molecule has 7 atom stereocenters. The molecule has 5 N–H and O–H groups in total. The van der Waals surface area contributed by atoms with Crippen LogP contribution >= 0.6 is 0 Å². The molecular weight excluding hydrogens is 658 g/mol. The number of piperidine rings is 2. The molecule has 14 nitrogen and oxygen atoms in total. The van der Waals surface area contributed by atoms with E-state index in [0.717, 1.165) is 31.6 Å². The van der Waals surface area contributed by atoms with Gasteiger partial charge in [-0.2, -0.15) is 0 Å². The number of nitrogens with two attached hydrogens (primary N) is 1. The Morgan fingerprint density at radius 2 is 1.96 bits per heavy atom. The molecule has 2 bridgehead atoms. The number of nitrogens with one attached hydrogen (secondary N) is 2. The zero-order valence-corrected chi connectivity index (χ0v) is 29.8. The van der Waals surface area contributed by atoms with Gasteiger partial charge in [0, 0.05) is 49.4 Å². The van der Waals surface area contributed by atoms with Crippen LogP contribution in [0.2, 0.25) is 0 Å². The summed E-state index contributed by atoms with van der Waals surface area (Å²) in [6, 6.07) is 3.75. The SMILES string of the molecule is COc1ccc2c3c1O[C@H]1C(OC(=O)N4CCC(C(=O)O)CC4CNC(=O)[C@H](CCCCN)CC(=O)CNC(C)=O)=CC[C@H]4[C@@H](C2)N(C)CC[C@]314. The number of Topliss-reactive ketones (excluding diaryl/α,β-unsaturated/α-hetero) is 1. The fourth-order valence-electron chi connectivity index (χ4n) is 9.23. The lowest BCUT2D eigenvalue weighted by Crippen LogP contribution is -2.63. The molecule has 2 saturated heterocycles. The summed E-state index contributed by atoms with van der Waals surface area (Å²) in [6.07, 6.45) is 5.40. The minimum Gasteiger partial charge on any atom is -0.493 e. The summed E-state index contributed by atoms with van der Waals surface area (Å²) in [5.41, 5.74) is 7.70. The number of carbonyl (C=O) groups excluding carboxylic acids is 4. The van der Waals surface area contributed by atoms with Crippen molar-refractivity contribution < 1.29 is 43.3 Å². The predicted molar refractivity (Wildman–Crippen MR) is 185 cm³/mol. The molecule has 0 saturated carbocycles. The van der Waals surface area contributed by atoms with Crippen molar-refractivity contribution in [3.63, 3.8) is 0 Å². The van der Waals surface area contributed by atoms with Crippen LogP contribution in [0.4, 0.5) is 4.79 Å². The second-order valence-electron chi connectivity index (χ2n) is 14.8. The molecule has 2 unspecified atom stereocenters. The highest BCUT2D eigenvalue weighted by Gasteiger charge is 2.65. The molecule has 278 valence electrons. The number of carboxylic acids is 1. The number of likely N-dealkylation sites (N-methyl/N-ethyl adjacent to an activating group) is 1. The molecule has 6 rings (SSSR count). The van der Waals surface area contributed by atoms with Gasteiger partial charge in [-0.05, 0) is 88.7 Å². The first-order chi connectivity index (χ1) is 24.5. The van der Waals surface area contributed by atoms with Crippen LogP contribution in [0.15, 0.2) is 24.0 Å². The number of likely N-dealkylation sites (tertiary alicyclic amines) is 2. The standard InChI is InChI=1S/C37H51N5O9/c1-21(43)39-20-26(44)17-23(6-4-5-13-38)34(45)40-19-25-16-24(35(46)47)11-14-42(25)36(48)50-30-10-8-27-28-18-22-7-9-29(49-3)32-31(22)37(27,33(30)51-32)12-15-41(28)2/h7,9-10,23-25,27-28,33H,4-6,8,11-20,38H2,1-3H3,(H,39,43)(H,40,45)(H,46,47)/t23-,24?,25?,27+,28-,33+,37+/m1/s1. The molecule has 3 amide bonds. The number of allylic oxidation sites excluding steroid dienone is 1. The first-order valence-corrected chi connectivity index (χ1v) is 18.2. The lowest BCUT2D eigenvalue weighted by Gasteiger charge is -2.56. The van der Waals surface area contributed by atoms with E-state index < -0.39 is 36.0 Å². The van der Waals surface area contributed by atoms with Gasteiger partial charge in [-0.15, -0.1) is 0 Å². The van der Waals surface area contributed by atoms with E-state index in [4.69, 9.17) is 19.9 Å². The van der Waals surface area contributed by atoms with Gasteiger partial charge in [0.05, 0.1) is 25.6 Å². The van der Waals surface area contributed by atoms with Crippen molar-refractivity contribution >= 4 is 29.7 Å². The van der Waals surface area contributed by atoms with Crippen molar-refractivity contribution in [3.05, 3.63) is 35.1 Å². The van der Waals surface area contributed by atoms with Crippen molar-refractivity contribution in [2.24, 2.45) is 23.5 Å². The molecular formula is C37H51N5O9. The van der Waals surface area contributed by atoms with Gasteiger partial charge in [-0.1, -0.05) is 12.5 Å². The number of hydrogen-bond acceptors (Lipinski definition) is 10. The highest BCUT2D eigenvalue weighted by molar-refractivity contribution is 5.89. The van der Waals surface area contributed by atoms with Gasteiger partial charge in [0.15, 0.2) is 23.4 Å². The molecule has 1 aromatic rings. The number of ether oxygens (including phenoxy) is 3. The van der Waals surface area contributed by atoms with E-state index in [9.17, 15) is 29.1 Å². The number of methoxy groups -OCH3 is 1. The average molecular weight is 710 g/mol. The van der Waals surface area contributed by atoms with E-state index in [1.165, 1.54) is 23.0 Å². The Morgan fingerprint density at radius 3 is 2.69 bits per heavy atom. The molecule has 3 aliphatic heterocycles. The quantitative estimate of drug-likeness (QED) is 0.207. The van der Waals surface area contributed by atoms with Crippen LogP contribution in [0.25, 0.3) is 0 Å². The van der Waals surface area contributed by atoms with Gasteiger partial charge >= 0.3 is 12.1 Å². The summed E-state index contributed by atoms with van der Waals surface area (Å²) < 4.78 is 18.7. The lowest BCUT2D eigenvalue weighted by molar-refractivity contribution is -0.144. The van der Waals surface area contributed by atoms with Crippen LogP contribution < -0.4 is 25.8 Å². The first kappa shape index (κ1) is 36.6. The summed E-state index contributed by atoms with van der Waals surface area (Å²) >= 11 is 0. The van der Waals surface area contributed by atoms with Crippen LogP contribution in [0.1, 0.15) is 69.4 Å². The Kier molecular flexibility index (Phi) is 10.9. The number of carboxylic acid groups (broad SMARTS) is 1. The first-order valence-electron chi connectivity index (χ1n) is 18.2. The summed E-state index contributed by atoms with van der Waals surface area (Å²) in [5.74, 6) is -1.19. The van der Waals surface area contributed by atoms with Crippen molar-refractivity contribution in [1.82, 2.24) is 20.4 Å². The molecule has 0 aromatic heterocycles. The molecule has 3 heterocycles. The highest BCUT2D eigenvalue weighted by atomic mass is 16.6. The largest absolute Gasteiger partial charge is 0.493 e. The number of carbonyl (C=O) groups is 5. The van der Waals surface area contributed by atoms with E-state index >= 15 is 0 Å². The van der Waals surface area contributed by atoms with Gasteiger partial charge < -0.3 is 45.5 Å². The second-order valence-corrected chi connectivity index (χ2v) is 14.8. The molecule has 5 aliphatic rings. The van der Waals surface area contributed by atoms with E-state index in [-0.39, 0.29) is 67.8 Å². The molecule has 0 radical (unpaired) electrons. The molecule has 51 heavy (non-hydrogen) atoms. The monoisotopic (exact) mass is 709 g/mol. The number of unbranched alkanes of at least 4 members (excludes halogenated alkanes) is 1. The van der Waals surface area contributed by atoms with Crippen LogP contribution in [-0.4, -0.2) is 110 Å². The number of aliphatic carboxylic acids is 1. The Labute approximate surface area is 298 Å². The summed E-state index contributed by atoms with van der Waals surface area (Å²) in [5, 5.41) is 15.2. The van der Waals surface area contributed by atoms with E-state index in [0.29, 0.717) is 43.4 Å². The Hall–Kier alpha value is -4.17. The number of ketones is 1. The van der Waals surface area contributed by atoms with Crippen molar-refractivity contribution in [2.45, 2.75) is 88.3 Å². The van der Waals surface area contributed by atoms with Crippen LogP contribution in [-0.2, 0) is 35.8 Å². The number of nitrogens with zero attached hydrogens (tertiary/aromatic N) is 2. The molecule has 1 spiro atoms. The number of rotatable bonds is 14. The Morgan fingerprint density at radius 1 is 1.16 bits per heavy atom. The number of amides is 3. The van der Waals surface area contributed by atoms with E-state index in [1.807, 2.05) is 12.1 Å². The smallest absolute Gasteiger partial charge is 0.415 e. The number of hydrogen-bond donors (Lipinski definition) is 4. The Bertz CT molecular complexity index is 1580. The predicted octanol–water partition coefficient (Wildman–Crippen LogP) is 2.12. The van der Waals surface area contributed by atoms with Crippen LogP contribution in [0, 0.1) is 17.8 Å². The topological polar surface area (TPSA) is 190 Å². The van der Waals surface area contributed by atoms with Crippen LogP contribution in [0.3, 0.4) is 0 Å². The third-order valence-corrected chi connectivity index (χ3v) is 11.8.